The van der Waals surface area contributed by atoms with E-state index < -0.39 is 0 Å². The van der Waals surface area contributed by atoms with Crippen LogP contribution in [0.15, 0.2) is 0 Å². The molecule has 0 amide bonds. The van der Waals surface area contributed by atoms with Crippen molar-refractivity contribution >= 4 is 34.8 Å². The van der Waals surface area contributed by atoms with E-state index in [1.807, 2.05) is 0 Å². The van der Waals surface area contributed by atoms with Crippen molar-refractivity contribution in [3.63, 3.8) is 0 Å². The zero-order valence-corrected chi connectivity index (χ0v) is 10.9. The van der Waals surface area contributed by atoms with Crippen molar-refractivity contribution in [2.24, 2.45) is 5.41 Å². The topological polar surface area (TPSA) is 0 Å². The molecule has 2 unspecified atom stereocenters. The first-order valence-electron chi connectivity index (χ1n) is 4.71. The minimum absolute atomic E-state index is 0.0153. The Hall–Kier alpha value is 0.870. The average Bonchev–Trinajstić information content (AvgIpc) is 2.00. The summed E-state index contributed by atoms with van der Waals surface area (Å²) in [7, 11) is 0. The van der Waals surface area contributed by atoms with Crippen molar-refractivity contribution < 1.29 is 0 Å². The molecule has 0 aromatic rings. The van der Waals surface area contributed by atoms with Gasteiger partial charge < -0.3 is 0 Å². The molecule has 80 valence electrons. The van der Waals surface area contributed by atoms with Gasteiger partial charge in [-0.15, -0.1) is 34.8 Å². The first-order valence-corrected chi connectivity index (χ1v) is 6.11. The zero-order chi connectivity index (χ0) is 10.5. The fraction of sp³-hybridized carbons (Fsp3) is 1.00. The van der Waals surface area contributed by atoms with Crippen LogP contribution in [0.3, 0.4) is 0 Å². The molecule has 0 bridgehead atoms. The van der Waals surface area contributed by atoms with Crippen LogP contribution >= 0.6 is 34.8 Å². The van der Waals surface area contributed by atoms with Crippen molar-refractivity contribution in [3.8, 4) is 0 Å². The van der Waals surface area contributed by atoms with Crippen LogP contribution in [0, 0.1) is 5.41 Å². The lowest BCUT2D eigenvalue weighted by atomic mass is 9.89. The Morgan fingerprint density at radius 1 is 1.08 bits per heavy atom. The summed E-state index contributed by atoms with van der Waals surface area (Å²) in [6.07, 6.45) is 3.26. The largest absolute Gasteiger partial charge is 0.125 e. The average molecular weight is 246 g/mol. The van der Waals surface area contributed by atoms with E-state index in [0.717, 1.165) is 12.8 Å². The van der Waals surface area contributed by atoms with E-state index >= 15 is 0 Å². The minimum atomic E-state index is -0.0942. The van der Waals surface area contributed by atoms with Gasteiger partial charge in [0.05, 0.1) is 10.8 Å². The molecule has 0 aliphatic rings. The van der Waals surface area contributed by atoms with Crippen molar-refractivity contribution in [2.75, 3.05) is 5.88 Å². The van der Waals surface area contributed by atoms with Crippen molar-refractivity contribution in [1.82, 2.24) is 0 Å². The highest BCUT2D eigenvalue weighted by Gasteiger charge is 2.17. The van der Waals surface area contributed by atoms with Crippen LogP contribution in [0.25, 0.3) is 0 Å². The molecule has 0 heterocycles. The summed E-state index contributed by atoms with van der Waals surface area (Å²) in [5, 5.41) is -0.0789. The van der Waals surface area contributed by atoms with Gasteiger partial charge in [-0.2, -0.15) is 0 Å². The summed E-state index contributed by atoms with van der Waals surface area (Å²) in [6.45, 7) is 6.70. The molecule has 0 rings (SSSR count). The lowest BCUT2D eigenvalue weighted by Gasteiger charge is -2.19. The first kappa shape index (κ1) is 13.9. The summed E-state index contributed by atoms with van der Waals surface area (Å²) in [5.74, 6) is 0.436. The monoisotopic (exact) mass is 244 g/mol. The van der Waals surface area contributed by atoms with Gasteiger partial charge in [0, 0.05) is 5.88 Å². The normalized spacial score (nSPS) is 17.1. The molecule has 0 spiro atoms. The fourth-order valence-corrected chi connectivity index (χ4v) is 1.78. The molecule has 0 aliphatic heterocycles. The molecule has 2 atom stereocenters. The van der Waals surface area contributed by atoms with Gasteiger partial charge in [-0.25, -0.2) is 0 Å². The maximum Gasteiger partial charge on any atom is 0.0634 e. The maximum atomic E-state index is 6.04. The van der Waals surface area contributed by atoms with Crippen molar-refractivity contribution in [3.05, 3.63) is 0 Å². The second kappa shape index (κ2) is 6.37. The Kier molecular flexibility index (Phi) is 6.80. The SMILES string of the molecule is CC(C)(C)CCCC(Cl)C(Cl)CCl. The molecular formula is C10H19Cl3. The Bertz CT molecular complexity index is 129. The van der Waals surface area contributed by atoms with Gasteiger partial charge >= 0.3 is 0 Å². The van der Waals surface area contributed by atoms with Crippen LogP contribution in [-0.4, -0.2) is 16.6 Å². The number of hydrogen-bond donors (Lipinski definition) is 0. The van der Waals surface area contributed by atoms with Gasteiger partial charge in [0.25, 0.3) is 0 Å². The highest BCUT2D eigenvalue weighted by molar-refractivity contribution is 6.33. The number of rotatable bonds is 5. The highest BCUT2D eigenvalue weighted by Crippen LogP contribution is 2.25. The maximum absolute atomic E-state index is 6.04. The third-order valence-corrected chi connectivity index (χ3v) is 3.55. The Labute approximate surface area is 96.9 Å². The Balaban J connectivity index is 3.53. The highest BCUT2D eigenvalue weighted by atomic mass is 35.5. The molecule has 0 saturated carbocycles. The summed E-state index contributed by atoms with van der Waals surface area (Å²) in [4.78, 5) is 0. The van der Waals surface area contributed by atoms with E-state index in [4.69, 9.17) is 34.8 Å². The van der Waals surface area contributed by atoms with E-state index in [1.54, 1.807) is 0 Å². The summed E-state index contributed by atoms with van der Waals surface area (Å²) in [5.41, 5.74) is 0.388. The smallest absolute Gasteiger partial charge is 0.0634 e. The summed E-state index contributed by atoms with van der Waals surface area (Å²) < 4.78 is 0. The quantitative estimate of drug-likeness (QED) is 0.618. The van der Waals surface area contributed by atoms with Gasteiger partial charge in [-0.3, -0.25) is 0 Å². The van der Waals surface area contributed by atoms with E-state index in [9.17, 15) is 0 Å². The molecular weight excluding hydrogens is 226 g/mol. The van der Waals surface area contributed by atoms with Crippen LogP contribution < -0.4 is 0 Å². The van der Waals surface area contributed by atoms with Crippen LogP contribution in [0.5, 0.6) is 0 Å². The van der Waals surface area contributed by atoms with E-state index in [2.05, 4.69) is 20.8 Å². The molecule has 0 radical (unpaired) electrons. The molecule has 0 N–H and O–H groups in total. The zero-order valence-electron chi connectivity index (χ0n) is 8.62. The van der Waals surface area contributed by atoms with Crippen LogP contribution in [-0.2, 0) is 0 Å². The van der Waals surface area contributed by atoms with Gasteiger partial charge in [-0.1, -0.05) is 27.2 Å². The third kappa shape index (κ3) is 7.90. The van der Waals surface area contributed by atoms with E-state index in [-0.39, 0.29) is 10.8 Å². The van der Waals surface area contributed by atoms with E-state index in [1.165, 1.54) is 6.42 Å². The van der Waals surface area contributed by atoms with Crippen molar-refractivity contribution in [1.29, 1.82) is 0 Å². The Morgan fingerprint density at radius 2 is 1.62 bits per heavy atom. The molecule has 0 nitrogen and oxygen atoms in total. The predicted molar refractivity (Wildman–Crippen MR) is 63.3 cm³/mol. The summed E-state index contributed by atoms with van der Waals surface area (Å²) >= 11 is 17.5. The molecule has 0 aliphatic carbocycles. The number of halogens is 3. The second-order valence-corrected chi connectivity index (χ2v) is 6.07. The van der Waals surface area contributed by atoms with Gasteiger partial charge in [-0.05, 0) is 18.3 Å². The molecule has 13 heavy (non-hydrogen) atoms. The number of alkyl halides is 3. The minimum Gasteiger partial charge on any atom is -0.125 e. The molecule has 3 heteroatoms. The molecule has 0 fully saturated rings. The number of hydrogen-bond acceptors (Lipinski definition) is 0. The molecule has 0 aromatic carbocycles. The Morgan fingerprint density at radius 3 is 2.00 bits per heavy atom. The predicted octanol–water partition coefficient (Wildman–Crippen LogP) is 4.66. The van der Waals surface area contributed by atoms with Crippen LogP contribution in [0.1, 0.15) is 40.0 Å². The fourth-order valence-electron chi connectivity index (χ4n) is 1.10. The van der Waals surface area contributed by atoms with Crippen LogP contribution in [0.4, 0.5) is 0 Å². The third-order valence-electron chi connectivity index (χ3n) is 1.95. The van der Waals surface area contributed by atoms with Gasteiger partial charge in [0.1, 0.15) is 0 Å². The van der Waals surface area contributed by atoms with Gasteiger partial charge in [0.15, 0.2) is 0 Å². The first-order chi connectivity index (χ1) is 5.87. The standard InChI is InChI=1S/C10H19Cl3/c1-10(2,3)6-4-5-8(12)9(13)7-11/h8-9H,4-7H2,1-3H3. The van der Waals surface area contributed by atoms with Crippen molar-refractivity contribution in [2.45, 2.75) is 50.8 Å². The van der Waals surface area contributed by atoms with Gasteiger partial charge in [0.2, 0.25) is 0 Å². The lowest BCUT2D eigenvalue weighted by molar-refractivity contribution is 0.359. The van der Waals surface area contributed by atoms with Crippen LogP contribution in [0.2, 0.25) is 0 Å². The van der Waals surface area contributed by atoms with E-state index in [0.29, 0.717) is 11.3 Å². The molecule has 0 aromatic heterocycles. The second-order valence-electron chi connectivity index (χ2n) is 4.64. The molecule has 0 saturated heterocycles. The summed E-state index contributed by atoms with van der Waals surface area (Å²) in [6, 6.07) is 0. The lowest BCUT2D eigenvalue weighted by Crippen LogP contribution is -2.17.